The third-order valence-electron chi connectivity index (χ3n) is 12.8. The molecule has 4 saturated carbocycles. The fourth-order valence-electron chi connectivity index (χ4n) is 10.8. The SMILES string of the molecule is CC(=O)N[C@H]1CC[C@]2(C)[C@H]3CC[C@]4(C)[C@@H](C(C)CCCC(C)C)CC[C@H]4[C@@H]3C[C@@H](NCCc3c[nH]cn3)[C@@]2(O)C1. The van der Waals surface area contributed by atoms with Crippen molar-refractivity contribution >= 4 is 5.91 Å². The summed E-state index contributed by atoms with van der Waals surface area (Å²) in [6, 6.07) is 0.0956. The van der Waals surface area contributed by atoms with E-state index in [1.54, 1.807) is 13.3 Å². The molecule has 4 fully saturated rings. The minimum absolute atomic E-state index is 0.0156. The zero-order valence-electron chi connectivity index (χ0n) is 26.3. The van der Waals surface area contributed by atoms with Crippen LogP contribution in [0.25, 0.3) is 0 Å². The van der Waals surface area contributed by atoms with E-state index in [0.29, 0.717) is 23.7 Å². The molecule has 1 amide bonds. The van der Waals surface area contributed by atoms with Gasteiger partial charge in [-0.25, -0.2) is 4.98 Å². The van der Waals surface area contributed by atoms with Crippen LogP contribution in [0.2, 0.25) is 0 Å². The van der Waals surface area contributed by atoms with Crippen molar-refractivity contribution in [2.24, 2.45) is 46.3 Å². The molecule has 4 aliphatic rings. The molecule has 0 saturated heterocycles. The summed E-state index contributed by atoms with van der Waals surface area (Å²) in [5, 5.41) is 19.8. The van der Waals surface area contributed by atoms with Crippen LogP contribution in [0, 0.1) is 46.3 Å². The highest BCUT2D eigenvalue weighted by Gasteiger charge is 2.67. The minimum atomic E-state index is -0.818. The maximum atomic E-state index is 12.7. The van der Waals surface area contributed by atoms with E-state index in [2.05, 4.69) is 55.2 Å². The smallest absolute Gasteiger partial charge is 0.217 e. The highest BCUT2D eigenvalue weighted by molar-refractivity contribution is 5.73. The maximum Gasteiger partial charge on any atom is 0.217 e. The van der Waals surface area contributed by atoms with Gasteiger partial charge in [0.05, 0.1) is 17.6 Å². The van der Waals surface area contributed by atoms with Gasteiger partial charge in [0.1, 0.15) is 0 Å². The van der Waals surface area contributed by atoms with Crippen molar-refractivity contribution in [2.45, 2.75) is 136 Å². The molecule has 1 heterocycles. The molecule has 4 aliphatic carbocycles. The standard InChI is InChI=1S/C34H58N4O2/c1-22(2)8-7-9-23(3)28-10-11-29-27-18-31(36-17-14-26-20-35-21-37-26)34(40)19-25(38-24(4)39)12-16-33(34,6)30(27)13-15-32(28,29)5/h20-23,25,27-31,36,40H,7-19H2,1-6H3,(H,35,37)(H,38,39)/t23?,25-,27-,28+,29-,30-,31+,32+,33+,34-/m0/s1. The Morgan fingerprint density at radius 1 is 1.12 bits per heavy atom. The van der Waals surface area contributed by atoms with Crippen molar-refractivity contribution < 1.29 is 9.90 Å². The van der Waals surface area contributed by atoms with Gasteiger partial charge in [-0.15, -0.1) is 0 Å². The summed E-state index contributed by atoms with van der Waals surface area (Å²) in [6.45, 7) is 14.7. The minimum Gasteiger partial charge on any atom is -0.388 e. The lowest BCUT2D eigenvalue weighted by molar-refractivity contribution is -0.223. The number of imidazole rings is 1. The second kappa shape index (κ2) is 11.7. The molecule has 4 N–H and O–H groups in total. The molecule has 0 bridgehead atoms. The monoisotopic (exact) mass is 554 g/mol. The lowest BCUT2D eigenvalue weighted by atomic mass is 9.41. The number of carbonyl (C=O) groups excluding carboxylic acids is 1. The molecule has 1 unspecified atom stereocenters. The third-order valence-corrected chi connectivity index (χ3v) is 12.8. The Morgan fingerprint density at radius 2 is 1.93 bits per heavy atom. The number of nitrogens with zero attached hydrogens (tertiary/aromatic N) is 1. The van der Waals surface area contributed by atoms with Crippen LogP contribution in [0.15, 0.2) is 12.5 Å². The Bertz CT molecular complexity index is 996. The largest absolute Gasteiger partial charge is 0.388 e. The number of nitrogens with one attached hydrogen (secondary N) is 3. The van der Waals surface area contributed by atoms with Crippen LogP contribution >= 0.6 is 0 Å². The average molecular weight is 555 g/mol. The van der Waals surface area contributed by atoms with E-state index in [1.165, 1.54) is 44.9 Å². The van der Waals surface area contributed by atoms with E-state index >= 15 is 0 Å². The predicted octanol–water partition coefficient (Wildman–Crippen LogP) is 6.26. The molecular formula is C34H58N4O2. The van der Waals surface area contributed by atoms with Crippen molar-refractivity contribution in [3.05, 3.63) is 18.2 Å². The van der Waals surface area contributed by atoms with E-state index in [0.717, 1.165) is 61.6 Å². The number of hydrogen-bond donors (Lipinski definition) is 4. The van der Waals surface area contributed by atoms with Gasteiger partial charge in [-0.2, -0.15) is 0 Å². The summed E-state index contributed by atoms with van der Waals surface area (Å²) in [5.41, 5.74) is 0.543. The molecule has 40 heavy (non-hydrogen) atoms. The first-order valence-electron chi connectivity index (χ1n) is 16.7. The molecule has 0 aliphatic heterocycles. The fourth-order valence-corrected chi connectivity index (χ4v) is 10.8. The number of aromatic nitrogens is 2. The molecule has 0 aromatic carbocycles. The number of aromatic amines is 1. The fraction of sp³-hybridized carbons (Fsp3) is 0.882. The quantitative estimate of drug-likeness (QED) is 0.275. The van der Waals surface area contributed by atoms with Gasteiger partial charge in [-0.3, -0.25) is 4.79 Å². The number of fused-ring (bicyclic) bond motifs is 5. The van der Waals surface area contributed by atoms with E-state index < -0.39 is 5.60 Å². The number of carbonyl (C=O) groups is 1. The topological polar surface area (TPSA) is 90.0 Å². The number of rotatable bonds is 10. The summed E-state index contributed by atoms with van der Waals surface area (Å²) in [4.78, 5) is 19.5. The summed E-state index contributed by atoms with van der Waals surface area (Å²) in [6.07, 6.45) is 17.6. The Kier molecular flexibility index (Phi) is 8.80. The van der Waals surface area contributed by atoms with Crippen molar-refractivity contribution in [1.82, 2.24) is 20.6 Å². The van der Waals surface area contributed by atoms with Gasteiger partial charge in [-0.05, 0) is 92.3 Å². The summed E-state index contributed by atoms with van der Waals surface area (Å²) < 4.78 is 0. The lowest BCUT2D eigenvalue weighted by Gasteiger charge is -2.66. The van der Waals surface area contributed by atoms with Crippen molar-refractivity contribution in [1.29, 1.82) is 0 Å². The lowest BCUT2D eigenvalue weighted by Crippen LogP contribution is -2.72. The number of amides is 1. The predicted molar refractivity (Wildman–Crippen MR) is 162 cm³/mol. The molecule has 0 spiro atoms. The maximum absolute atomic E-state index is 12.7. The van der Waals surface area contributed by atoms with Gasteiger partial charge in [-0.1, -0.05) is 53.9 Å². The Labute approximate surface area is 243 Å². The Hall–Kier alpha value is -1.40. The number of aliphatic hydroxyl groups is 1. The number of hydrogen-bond acceptors (Lipinski definition) is 4. The van der Waals surface area contributed by atoms with E-state index in [4.69, 9.17) is 0 Å². The molecule has 1 aromatic rings. The molecule has 0 radical (unpaired) electrons. The molecule has 226 valence electrons. The highest BCUT2D eigenvalue weighted by atomic mass is 16.3. The van der Waals surface area contributed by atoms with Crippen LogP contribution in [0.1, 0.15) is 118 Å². The van der Waals surface area contributed by atoms with Gasteiger partial charge in [0.15, 0.2) is 0 Å². The molecule has 5 rings (SSSR count). The number of H-pyrrole nitrogens is 1. The first-order chi connectivity index (χ1) is 19.0. The van der Waals surface area contributed by atoms with Crippen LogP contribution in [-0.2, 0) is 11.2 Å². The highest BCUT2D eigenvalue weighted by Crippen LogP contribution is 2.69. The van der Waals surface area contributed by atoms with Crippen molar-refractivity contribution in [3.8, 4) is 0 Å². The molecule has 10 atom stereocenters. The summed E-state index contributed by atoms with van der Waals surface area (Å²) >= 11 is 0. The second-order valence-electron chi connectivity index (χ2n) is 15.4. The summed E-state index contributed by atoms with van der Waals surface area (Å²) in [5.74, 6) is 4.44. The molecular weight excluding hydrogens is 496 g/mol. The normalized spacial score (nSPS) is 41.7. The first kappa shape index (κ1) is 30.1. The first-order valence-corrected chi connectivity index (χ1v) is 16.7. The van der Waals surface area contributed by atoms with Gasteiger partial charge in [0, 0.05) is 43.6 Å². The molecule has 1 aromatic heterocycles. The van der Waals surface area contributed by atoms with Crippen LogP contribution in [0.5, 0.6) is 0 Å². The molecule has 6 heteroatoms. The Balaban J connectivity index is 1.37. The van der Waals surface area contributed by atoms with Gasteiger partial charge >= 0.3 is 0 Å². The van der Waals surface area contributed by atoms with Crippen molar-refractivity contribution in [3.63, 3.8) is 0 Å². The third kappa shape index (κ3) is 5.41. The zero-order chi connectivity index (χ0) is 28.7. The van der Waals surface area contributed by atoms with E-state index in [9.17, 15) is 9.90 Å². The van der Waals surface area contributed by atoms with Gasteiger partial charge < -0.3 is 20.7 Å². The Morgan fingerprint density at radius 3 is 2.62 bits per heavy atom. The zero-order valence-corrected chi connectivity index (χ0v) is 26.3. The summed E-state index contributed by atoms with van der Waals surface area (Å²) in [7, 11) is 0. The van der Waals surface area contributed by atoms with Gasteiger partial charge in [0.25, 0.3) is 0 Å². The molecule has 6 nitrogen and oxygen atoms in total. The average Bonchev–Trinajstić information content (AvgIpc) is 3.52. The van der Waals surface area contributed by atoms with Crippen LogP contribution in [0.3, 0.4) is 0 Å². The van der Waals surface area contributed by atoms with Gasteiger partial charge in [0.2, 0.25) is 5.91 Å². The van der Waals surface area contributed by atoms with Crippen LogP contribution < -0.4 is 10.6 Å². The van der Waals surface area contributed by atoms with E-state index in [-0.39, 0.29) is 23.4 Å². The van der Waals surface area contributed by atoms with Crippen LogP contribution in [-0.4, -0.2) is 45.2 Å². The van der Waals surface area contributed by atoms with Crippen molar-refractivity contribution in [2.75, 3.05) is 6.54 Å². The van der Waals surface area contributed by atoms with Crippen LogP contribution in [0.4, 0.5) is 0 Å². The second-order valence-corrected chi connectivity index (χ2v) is 15.4. The van der Waals surface area contributed by atoms with E-state index in [1.807, 2.05) is 6.20 Å².